The number of nitrogens with one attached hydrogen (secondary N) is 3. The summed E-state index contributed by atoms with van der Waals surface area (Å²) in [5, 5.41) is 9.95. The molecule has 32 heavy (non-hydrogen) atoms. The first kappa shape index (κ1) is 20.8. The lowest BCUT2D eigenvalue weighted by molar-refractivity contribution is 0.324. The number of rotatable bonds is 7. The Labute approximate surface area is 190 Å². The number of anilines is 2. The molecule has 0 aliphatic heterocycles. The molecule has 0 amide bonds. The Balaban J connectivity index is 1.14. The van der Waals surface area contributed by atoms with E-state index in [0.29, 0.717) is 6.04 Å². The van der Waals surface area contributed by atoms with Crippen molar-refractivity contribution in [2.45, 2.75) is 38.3 Å². The van der Waals surface area contributed by atoms with Crippen LogP contribution in [0.2, 0.25) is 0 Å². The van der Waals surface area contributed by atoms with Crippen molar-refractivity contribution in [3.05, 3.63) is 66.4 Å². The predicted molar refractivity (Wildman–Crippen MR) is 135 cm³/mol. The van der Waals surface area contributed by atoms with E-state index >= 15 is 0 Å². The number of fused-ring (bicyclic) bond motifs is 2. The van der Waals surface area contributed by atoms with Crippen molar-refractivity contribution in [2.75, 3.05) is 30.9 Å². The smallest absolute Gasteiger partial charge is 0.128 e. The van der Waals surface area contributed by atoms with Crippen molar-refractivity contribution in [3.63, 3.8) is 0 Å². The lowest BCUT2D eigenvalue weighted by Gasteiger charge is -2.30. The zero-order valence-electron chi connectivity index (χ0n) is 19.1. The molecule has 1 aliphatic rings. The van der Waals surface area contributed by atoms with Crippen molar-refractivity contribution in [2.24, 2.45) is 5.92 Å². The summed E-state index contributed by atoms with van der Waals surface area (Å²) in [6, 6.07) is 19.6. The van der Waals surface area contributed by atoms with Crippen LogP contribution >= 0.6 is 0 Å². The number of hydrogen-bond donors (Lipinski definition) is 3. The fourth-order valence-corrected chi connectivity index (χ4v) is 5.01. The monoisotopic (exact) mass is 427 g/mol. The van der Waals surface area contributed by atoms with E-state index in [1.165, 1.54) is 53.2 Å². The zero-order valence-corrected chi connectivity index (χ0v) is 19.1. The molecule has 4 aromatic rings. The molecule has 3 N–H and O–H groups in total. The molecule has 0 atom stereocenters. The van der Waals surface area contributed by atoms with Crippen molar-refractivity contribution in [1.82, 2.24) is 15.3 Å². The minimum absolute atomic E-state index is 0.503. The van der Waals surface area contributed by atoms with E-state index in [1.807, 2.05) is 0 Å². The minimum Gasteiger partial charge on any atom is -0.377 e. The van der Waals surface area contributed by atoms with Crippen LogP contribution in [0.25, 0.3) is 21.8 Å². The summed E-state index contributed by atoms with van der Waals surface area (Å²) in [6.45, 7) is 2.02. The van der Waals surface area contributed by atoms with Gasteiger partial charge in [-0.1, -0.05) is 36.4 Å². The van der Waals surface area contributed by atoms with Gasteiger partial charge in [0, 0.05) is 60.9 Å². The SMILES string of the molecule is CN(C)c1cc(NC2CCC(CNCc3c[nH]c4ccccc34)CC2)nc2ccccc12. The average molecular weight is 428 g/mol. The minimum atomic E-state index is 0.503. The van der Waals surface area contributed by atoms with Gasteiger partial charge in [-0.15, -0.1) is 0 Å². The van der Waals surface area contributed by atoms with Crippen molar-refractivity contribution in [1.29, 1.82) is 0 Å². The van der Waals surface area contributed by atoms with E-state index in [-0.39, 0.29) is 0 Å². The third-order valence-electron chi connectivity index (χ3n) is 6.80. The maximum atomic E-state index is 4.88. The van der Waals surface area contributed by atoms with Crippen LogP contribution in [0.5, 0.6) is 0 Å². The van der Waals surface area contributed by atoms with Gasteiger partial charge in [0.2, 0.25) is 0 Å². The Hall–Kier alpha value is -3.05. The number of aromatic nitrogens is 2. The fraction of sp³-hybridized carbons (Fsp3) is 0.370. The van der Waals surface area contributed by atoms with E-state index < -0.39 is 0 Å². The number of aromatic amines is 1. The second-order valence-corrected chi connectivity index (χ2v) is 9.29. The Kier molecular flexibility index (Phi) is 5.99. The maximum Gasteiger partial charge on any atom is 0.128 e. The first-order valence-electron chi connectivity index (χ1n) is 11.8. The zero-order chi connectivity index (χ0) is 21.9. The highest BCUT2D eigenvalue weighted by molar-refractivity contribution is 5.93. The second-order valence-electron chi connectivity index (χ2n) is 9.29. The Bertz CT molecular complexity index is 1190. The topological polar surface area (TPSA) is 56.0 Å². The van der Waals surface area contributed by atoms with Gasteiger partial charge in [0.25, 0.3) is 0 Å². The molecule has 1 fully saturated rings. The van der Waals surface area contributed by atoms with Crippen molar-refractivity contribution < 1.29 is 0 Å². The van der Waals surface area contributed by atoms with Gasteiger partial charge in [-0.25, -0.2) is 4.98 Å². The van der Waals surface area contributed by atoms with Gasteiger partial charge in [0.15, 0.2) is 0 Å². The van der Waals surface area contributed by atoms with Crippen LogP contribution in [-0.2, 0) is 6.54 Å². The van der Waals surface area contributed by atoms with Crippen LogP contribution in [0.15, 0.2) is 60.8 Å². The number of pyridine rings is 1. The molecule has 1 aliphatic carbocycles. The molecule has 0 spiro atoms. The van der Waals surface area contributed by atoms with Gasteiger partial charge in [0.1, 0.15) is 5.82 Å². The largest absolute Gasteiger partial charge is 0.377 e. The highest BCUT2D eigenvalue weighted by Gasteiger charge is 2.21. The standard InChI is InChI=1S/C27H33N5/c1-32(2)26-15-27(31-25-10-6-4-8-23(25)26)30-21-13-11-19(12-14-21)16-28-17-20-18-29-24-9-5-3-7-22(20)24/h3-10,15,18-19,21,28-29H,11-14,16-17H2,1-2H3,(H,30,31). The third-order valence-corrected chi connectivity index (χ3v) is 6.80. The van der Waals surface area contributed by atoms with Crippen LogP contribution in [0.1, 0.15) is 31.2 Å². The molecule has 5 heteroatoms. The van der Waals surface area contributed by atoms with Crippen LogP contribution in [0.4, 0.5) is 11.5 Å². The first-order valence-corrected chi connectivity index (χ1v) is 11.8. The summed E-state index contributed by atoms with van der Waals surface area (Å²) in [4.78, 5) is 10.4. The second kappa shape index (κ2) is 9.21. The molecule has 0 unspecified atom stereocenters. The molecular weight excluding hydrogens is 394 g/mol. The summed E-state index contributed by atoms with van der Waals surface area (Å²) < 4.78 is 0. The van der Waals surface area contributed by atoms with Crippen LogP contribution in [0.3, 0.4) is 0 Å². The van der Waals surface area contributed by atoms with Gasteiger partial charge in [-0.05, 0) is 55.8 Å². The van der Waals surface area contributed by atoms with Gasteiger partial charge in [0.05, 0.1) is 5.52 Å². The molecule has 1 saturated carbocycles. The molecule has 0 radical (unpaired) electrons. The van der Waals surface area contributed by atoms with Gasteiger partial charge in [-0.3, -0.25) is 0 Å². The molecule has 0 bridgehead atoms. The van der Waals surface area contributed by atoms with Crippen LogP contribution in [0, 0.1) is 5.92 Å². The van der Waals surface area contributed by atoms with Gasteiger partial charge >= 0.3 is 0 Å². The molecule has 166 valence electrons. The number of nitrogens with zero attached hydrogens (tertiary/aromatic N) is 2. The highest BCUT2D eigenvalue weighted by Crippen LogP contribution is 2.30. The molecule has 5 rings (SSSR count). The van der Waals surface area contributed by atoms with Crippen molar-refractivity contribution in [3.8, 4) is 0 Å². The average Bonchev–Trinajstić information content (AvgIpc) is 3.23. The lowest BCUT2D eigenvalue weighted by atomic mass is 9.86. The summed E-state index contributed by atoms with van der Waals surface area (Å²) in [5.41, 5.74) is 4.84. The van der Waals surface area contributed by atoms with E-state index in [4.69, 9.17) is 4.98 Å². The quantitative estimate of drug-likeness (QED) is 0.362. The van der Waals surface area contributed by atoms with E-state index in [9.17, 15) is 0 Å². The predicted octanol–water partition coefficient (Wildman–Crippen LogP) is 5.54. The van der Waals surface area contributed by atoms with E-state index in [1.54, 1.807) is 0 Å². The Morgan fingerprint density at radius 3 is 2.53 bits per heavy atom. The van der Waals surface area contributed by atoms with Gasteiger partial charge in [-0.2, -0.15) is 0 Å². The third kappa shape index (κ3) is 4.44. The van der Waals surface area contributed by atoms with Crippen LogP contribution in [-0.4, -0.2) is 36.6 Å². The Morgan fingerprint density at radius 1 is 0.969 bits per heavy atom. The highest BCUT2D eigenvalue weighted by atomic mass is 15.1. The van der Waals surface area contributed by atoms with Gasteiger partial charge < -0.3 is 20.5 Å². The summed E-state index contributed by atoms with van der Waals surface area (Å²) in [7, 11) is 4.19. The van der Waals surface area contributed by atoms with E-state index in [2.05, 4.69) is 95.4 Å². The first-order chi connectivity index (χ1) is 15.7. The summed E-state index contributed by atoms with van der Waals surface area (Å²) >= 11 is 0. The van der Waals surface area contributed by atoms with E-state index in [0.717, 1.165) is 30.3 Å². The summed E-state index contributed by atoms with van der Waals surface area (Å²) in [5.74, 6) is 1.74. The maximum absolute atomic E-state index is 4.88. The van der Waals surface area contributed by atoms with Crippen molar-refractivity contribution >= 4 is 33.3 Å². The normalized spacial score (nSPS) is 18.8. The molecule has 0 saturated heterocycles. The fourth-order valence-electron chi connectivity index (χ4n) is 5.01. The molecular formula is C27H33N5. The molecule has 2 aromatic heterocycles. The van der Waals surface area contributed by atoms with Crippen LogP contribution < -0.4 is 15.5 Å². The molecule has 5 nitrogen and oxygen atoms in total. The number of hydrogen-bond acceptors (Lipinski definition) is 4. The Morgan fingerprint density at radius 2 is 1.72 bits per heavy atom. The number of benzene rings is 2. The lowest BCUT2D eigenvalue weighted by Crippen LogP contribution is -2.31. The molecule has 2 heterocycles. The number of H-pyrrole nitrogens is 1. The number of para-hydroxylation sites is 2. The molecule has 2 aromatic carbocycles. The summed E-state index contributed by atoms with van der Waals surface area (Å²) in [6.07, 6.45) is 7.05.